The summed E-state index contributed by atoms with van der Waals surface area (Å²) in [6.45, 7) is 5.30. The van der Waals surface area contributed by atoms with E-state index in [1.165, 1.54) is 27.8 Å². The first-order valence-electron chi connectivity index (χ1n) is 12.8. The van der Waals surface area contributed by atoms with Crippen molar-refractivity contribution in [2.45, 2.75) is 37.6 Å². The molecule has 4 aromatic carbocycles. The van der Waals surface area contributed by atoms with Crippen LogP contribution in [0.25, 0.3) is 11.0 Å². The van der Waals surface area contributed by atoms with Crippen LogP contribution in [0.1, 0.15) is 46.5 Å². The van der Waals surface area contributed by atoms with Crippen LogP contribution in [0, 0.1) is 0 Å². The van der Waals surface area contributed by atoms with E-state index < -0.39 is 0 Å². The molecule has 0 saturated carbocycles. The van der Waals surface area contributed by atoms with Gasteiger partial charge in [0.2, 0.25) is 0 Å². The standard InChI is InChI=1S/C33H31N3/c1-24(34-23-32-35-30-19-9-10-20-31(30)36-32)33(21-11-14-25-12-3-2-4-13-25)28-17-7-5-15-26(28)22-27-16-6-8-18-29(27)33/h2-10,12-13,15-20,34H,1,11,14,21-23H2,(H,35,36). The number of aryl methyl sites for hydroxylation is 1. The molecule has 0 bridgehead atoms. The molecule has 1 aliphatic rings. The van der Waals surface area contributed by atoms with Crippen molar-refractivity contribution in [1.82, 2.24) is 15.3 Å². The molecule has 0 spiro atoms. The number of para-hydroxylation sites is 2. The van der Waals surface area contributed by atoms with Crippen molar-refractivity contribution in [1.29, 1.82) is 0 Å². The Morgan fingerprint density at radius 1 is 0.806 bits per heavy atom. The van der Waals surface area contributed by atoms with E-state index in [0.717, 1.165) is 48.2 Å². The largest absolute Gasteiger partial charge is 0.381 e. The Labute approximate surface area is 212 Å². The second kappa shape index (κ2) is 9.50. The Kier molecular flexibility index (Phi) is 5.90. The van der Waals surface area contributed by atoms with E-state index in [4.69, 9.17) is 11.6 Å². The molecule has 0 aliphatic heterocycles. The summed E-state index contributed by atoms with van der Waals surface area (Å²) in [6, 6.07) is 36.8. The van der Waals surface area contributed by atoms with Crippen LogP contribution in [-0.2, 0) is 24.8 Å². The minimum Gasteiger partial charge on any atom is -0.381 e. The van der Waals surface area contributed by atoms with Crippen molar-refractivity contribution in [2.24, 2.45) is 0 Å². The Morgan fingerprint density at radius 2 is 1.44 bits per heavy atom. The number of allylic oxidation sites excluding steroid dienone is 1. The molecule has 2 N–H and O–H groups in total. The maximum absolute atomic E-state index is 4.78. The number of aromatic nitrogens is 2. The number of nitrogens with one attached hydrogen (secondary N) is 2. The maximum Gasteiger partial charge on any atom is 0.126 e. The van der Waals surface area contributed by atoms with Gasteiger partial charge >= 0.3 is 0 Å². The third-order valence-corrected chi connectivity index (χ3v) is 7.62. The zero-order valence-corrected chi connectivity index (χ0v) is 20.5. The average molecular weight is 470 g/mol. The fourth-order valence-corrected chi connectivity index (χ4v) is 5.91. The van der Waals surface area contributed by atoms with Crippen LogP contribution in [0.2, 0.25) is 0 Å². The van der Waals surface area contributed by atoms with Gasteiger partial charge in [0.05, 0.1) is 23.0 Å². The molecular weight excluding hydrogens is 438 g/mol. The second-order valence-electron chi connectivity index (χ2n) is 9.77. The number of benzene rings is 4. The Bertz CT molecular complexity index is 1430. The van der Waals surface area contributed by atoms with Crippen LogP contribution in [0.15, 0.2) is 115 Å². The van der Waals surface area contributed by atoms with Gasteiger partial charge in [0.15, 0.2) is 0 Å². The van der Waals surface area contributed by atoms with Crippen molar-refractivity contribution in [2.75, 3.05) is 0 Å². The van der Waals surface area contributed by atoms with Crippen LogP contribution in [0.3, 0.4) is 0 Å². The van der Waals surface area contributed by atoms with Crippen LogP contribution in [0.5, 0.6) is 0 Å². The molecule has 5 aromatic rings. The molecule has 0 radical (unpaired) electrons. The average Bonchev–Trinajstić information content (AvgIpc) is 3.35. The molecule has 3 nitrogen and oxygen atoms in total. The van der Waals surface area contributed by atoms with E-state index in [2.05, 4.69) is 95.2 Å². The maximum atomic E-state index is 4.78. The summed E-state index contributed by atoms with van der Waals surface area (Å²) in [5.41, 5.74) is 9.70. The van der Waals surface area contributed by atoms with E-state index in [0.29, 0.717) is 6.54 Å². The minimum atomic E-state index is -0.299. The van der Waals surface area contributed by atoms with Gasteiger partial charge in [0, 0.05) is 5.70 Å². The number of hydrogen-bond donors (Lipinski definition) is 2. The molecule has 1 aromatic heterocycles. The molecule has 1 aliphatic carbocycles. The Balaban J connectivity index is 1.36. The van der Waals surface area contributed by atoms with Gasteiger partial charge in [-0.05, 0) is 65.6 Å². The highest BCUT2D eigenvalue weighted by Gasteiger charge is 2.42. The number of aromatic amines is 1. The third kappa shape index (κ3) is 4.01. The first-order valence-corrected chi connectivity index (χ1v) is 12.8. The lowest BCUT2D eigenvalue weighted by Crippen LogP contribution is -2.40. The minimum absolute atomic E-state index is 0.299. The normalized spacial score (nSPS) is 13.7. The summed E-state index contributed by atoms with van der Waals surface area (Å²) in [5.74, 6) is 0.925. The summed E-state index contributed by atoms with van der Waals surface area (Å²) in [7, 11) is 0. The van der Waals surface area contributed by atoms with E-state index in [9.17, 15) is 0 Å². The molecule has 0 unspecified atom stereocenters. The number of H-pyrrole nitrogens is 1. The fraction of sp³-hybridized carbons (Fsp3) is 0.182. The van der Waals surface area contributed by atoms with E-state index >= 15 is 0 Å². The molecule has 36 heavy (non-hydrogen) atoms. The van der Waals surface area contributed by atoms with E-state index in [1.54, 1.807) is 0 Å². The van der Waals surface area contributed by atoms with Crippen LogP contribution >= 0.6 is 0 Å². The second-order valence-corrected chi connectivity index (χ2v) is 9.77. The quantitative estimate of drug-likeness (QED) is 0.255. The topological polar surface area (TPSA) is 40.7 Å². The number of hydrogen-bond acceptors (Lipinski definition) is 2. The van der Waals surface area contributed by atoms with Crippen LogP contribution in [-0.4, -0.2) is 9.97 Å². The van der Waals surface area contributed by atoms with Gasteiger partial charge < -0.3 is 10.3 Å². The van der Waals surface area contributed by atoms with Crippen molar-refractivity contribution in [3.8, 4) is 0 Å². The van der Waals surface area contributed by atoms with Gasteiger partial charge in [-0.3, -0.25) is 0 Å². The summed E-state index contributed by atoms with van der Waals surface area (Å²) >= 11 is 0. The molecule has 1 heterocycles. The van der Waals surface area contributed by atoms with Crippen molar-refractivity contribution in [3.05, 3.63) is 149 Å². The molecule has 0 fully saturated rings. The molecule has 0 atom stereocenters. The zero-order chi connectivity index (χ0) is 24.4. The summed E-state index contributed by atoms with van der Waals surface area (Å²) in [5, 5.41) is 3.71. The summed E-state index contributed by atoms with van der Waals surface area (Å²) in [4.78, 5) is 8.24. The number of fused-ring (bicyclic) bond motifs is 3. The van der Waals surface area contributed by atoms with Crippen LogP contribution < -0.4 is 5.32 Å². The lowest BCUT2D eigenvalue weighted by atomic mass is 9.62. The zero-order valence-electron chi connectivity index (χ0n) is 20.5. The van der Waals surface area contributed by atoms with Gasteiger partial charge in [-0.2, -0.15) is 0 Å². The molecule has 6 rings (SSSR count). The van der Waals surface area contributed by atoms with Crippen molar-refractivity contribution >= 4 is 11.0 Å². The molecule has 3 heteroatoms. The van der Waals surface area contributed by atoms with Crippen molar-refractivity contribution < 1.29 is 0 Å². The van der Waals surface area contributed by atoms with Gasteiger partial charge in [-0.25, -0.2) is 4.98 Å². The first-order chi connectivity index (χ1) is 17.7. The number of rotatable bonds is 8. The van der Waals surface area contributed by atoms with E-state index in [1.807, 2.05) is 18.2 Å². The molecule has 0 amide bonds. The van der Waals surface area contributed by atoms with Gasteiger partial charge in [0.1, 0.15) is 5.82 Å². The SMILES string of the molecule is C=C(NCc1nc2ccccc2[nH]1)C1(CCCc2ccccc2)c2ccccc2Cc2ccccc21. The molecule has 0 saturated heterocycles. The Hall–Kier alpha value is -4.11. The number of nitrogens with zero attached hydrogens (tertiary/aromatic N) is 1. The van der Waals surface area contributed by atoms with Gasteiger partial charge in [0.25, 0.3) is 0 Å². The lowest BCUT2D eigenvalue weighted by Gasteiger charge is -2.43. The third-order valence-electron chi connectivity index (χ3n) is 7.62. The smallest absolute Gasteiger partial charge is 0.126 e. The highest BCUT2D eigenvalue weighted by atomic mass is 15.0. The summed E-state index contributed by atoms with van der Waals surface area (Å²) < 4.78 is 0. The molecular formula is C33H31N3. The predicted octanol–water partition coefficient (Wildman–Crippen LogP) is 7.08. The molecule has 178 valence electrons. The summed E-state index contributed by atoms with van der Waals surface area (Å²) in [6.07, 6.45) is 4.06. The highest BCUT2D eigenvalue weighted by Crippen LogP contribution is 2.48. The highest BCUT2D eigenvalue weighted by molar-refractivity contribution is 5.74. The van der Waals surface area contributed by atoms with Gasteiger partial charge in [-0.15, -0.1) is 0 Å². The predicted molar refractivity (Wildman–Crippen MR) is 148 cm³/mol. The monoisotopic (exact) mass is 469 g/mol. The van der Waals surface area contributed by atoms with Crippen LogP contribution in [0.4, 0.5) is 0 Å². The van der Waals surface area contributed by atoms with E-state index in [-0.39, 0.29) is 5.41 Å². The number of imidazole rings is 1. The van der Waals surface area contributed by atoms with Crippen molar-refractivity contribution in [3.63, 3.8) is 0 Å². The Morgan fingerprint density at radius 3 is 2.17 bits per heavy atom. The van der Waals surface area contributed by atoms with Gasteiger partial charge in [-0.1, -0.05) is 97.6 Å². The first kappa shape index (κ1) is 22.4. The fourth-order valence-electron chi connectivity index (χ4n) is 5.91. The lowest BCUT2D eigenvalue weighted by molar-refractivity contribution is 0.473.